The number of hydrogen-bond donors (Lipinski definition) is 2. The molecule has 41 heavy (non-hydrogen) atoms. The Balaban J connectivity index is 1.91. The lowest BCUT2D eigenvalue weighted by Crippen LogP contribution is -2.34. The van der Waals surface area contributed by atoms with Crippen molar-refractivity contribution < 1.29 is 71.5 Å². The molecule has 0 aliphatic rings. The van der Waals surface area contributed by atoms with E-state index in [0.29, 0.717) is 5.39 Å². The number of rotatable bonds is 14. The lowest BCUT2D eigenvalue weighted by molar-refractivity contribution is -0.167. The van der Waals surface area contributed by atoms with Crippen molar-refractivity contribution in [2.45, 2.75) is 13.8 Å². The number of ether oxygens (including phenoxy) is 5. The van der Waals surface area contributed by atoms with Crippen LogP contribution in [0.15, 0.2) is 33.2 Å². The molecule has 0 spiro atoms. The number of hydrogen-bond acceptors (Lipinski definition) is 15. The zero-order valence-corrected chi connectivity index (χ0v) is 21.4. The number of carbonyl (C=O) groups is 6. The third-order valence-corrected chi connectivity index (χ3v) is 4.79. The van der Waals surface area contributed by atoms with Crippen LogP contribution in [0.5, 0.6) is 5.75 Å². The topological polar surface area (TPSA) is 231 Å². The van der Waals surface area contributed by atoms with Gasteiger partial charge in [0.15, 0.2) is 12.4 Å². The van der Waals surface area contributed by atoms with E-state index < -0.39 is 69.1 Å². The number of carbonyl (C=O) groups excluding carboxylic acids is 4. The van der Waals surface area contributed by atoms with Crippen molar-refractivity contribution in [1.29, 1.82) is 0 Å². The second-order valence-corrected chi connectivity index (χ2v) is 7.89. The van der Waals surface area contributed by atoms with Crippen molar-refractivity contribution in [2.24, 2.45) is 0 Å². The summed E-state index contributed by atoms with van der Waals surface area (Å²) in [4.78, 5) is 73.4. The minimum absolute atomic E-state index is 0.00551. The van der Waals surface area contributed by atoms with Gasteiger partial charge in [-0.1, -0.05) is 0 Å². The molecule has 1 aromatic carbocycles. The van der Waals surface area contributed by atoms with Crippen LogP contribution in [0.3, 0.4) is 0 Å². The molecule has 2 heterocycles. The Labute approximate surface area is 229 Å². The fourth-order valence-electron chi connectivity index (χ4n) is 3.15. The van der Waals surface area contributed by atoms with Crippen molar-refractivity contribution in [3.63, 3.8) is 0 Å². The minimum Gasteiger partial charge on any atom is -0.480 e. The molecule has 0 saturated heterocycles. The van der Waals surface area contributed by atoms with E-state index in [-0.39, 0.29) is 34.4 Å². The van der Waals surface area contributed by atoms with E-state index in [0.717, 1.165) is 24.9 Å². The molecule has 2 N–H and O–H groups in total. The van der Waals surface area contributed by atoms with Crippen LogP contribution in [0.1, 0.15) is 24.4 Å². The minimum atomic E-state index is -1.36. The van der Waals surface area contributed by atoms with E-state index >= 15 is 0 Å². The molecule has 2 aromatic heterocycles. The fourth-order valence-corrected chi connectivity index (χ4v) is 3.15. The first-order chi connectivity index (χ1) is 19.4. The Kier molecular flexibility index (Phi) is 9.82. The first-order valence-corrected chi connectivity index (χ1v) is 11.4. The van der Waals surface area contributed by atoms with E-state index in [2.05, 4.69) is 14.5 Å². The Hall–Kier alpha value is -5.61. The summed E-state index contributed by atoms with van der Waals surface area (Å²) in [5, 5.41) is 18.9. The third kappa shape index (κ3) is 8.70. The predicted molar refractivity (Wildman–Crippen MR) is 129 cm³/mol. The lowest BCUT2D eigenvalue weighted by Gasteiger charge is -2.23. The van der Waals surface area contributed by atoms with E-state index in [1.54, 1.807) is 0 Å². The Morgan fingerprint density at radius 1 is 0.854 bits per heavy atom. The van der Waals surface area contributed by atoms with Crippen LogP contribution in [-0.4, -0.2) is 84.3 Å². The molecular formula is C24H22N2O15. The highest BCUT2D eigenvalue weighted by atomic mass is 16.7. The second-order valence-electron chi connectivity index (χ2n) is 7.89. The van der Waals surface area contributed by atoms with Crippen LogP contribution in [-0.2, 0) is 42.9 Å². The smallest absolute Gasteiger partial charge is 0.378 e. The first kappa shape index (κ1) is 29.9. The molecule has 0 bridgehead atoms. The van der Waals surface area contributed by atoms with Crippen LogP contribution in [0, 0.1) is 0 Å². The molecule has 0 aliphatic heterocycles. The molecule has 218 valence electrons. The summed E-state index contributed by atoms with van der Waals surface area (Å²) in [5.74, 6) is -6.58. The first-order valence-electron chi connectivity index (χ1n) is 11.4. The van der Waals surface area contributed by atoms with Crippen molar-refractivity contribution >= 4 is 52.5 Å². The normalized spacial score (nSPS) is 10.5. The quantitative estimate of drug-likeness (QED) is 0.202. The number of esters is 4. The molecular weight excluding hydrogens is 556 g/mol. The zero-order valence-electron chi connectivity index (χ0n) is 21.4. The highest BCUT2D eigenvalue weighted by Crippen LogP contribution is 2.37. The summed E-state index contributed by atoms with van der Waals surface area (Å²) in [6.45, 7) is -1.27. The summed E-state index contributed by atoms with van der Waals surface area (Å²) in [7, 11) is 0. The number of aromatic nitrogens is 1. The van der Waals surface area contributed by atoms with Crippen molar-refractivity contribution in [2.75, 3.05) is 38.2 Å². The number of aliphatic carboxylic acids is 2. The van der Waals surface area contributed by atoms with Gasteiger partial charge in [-0.3, -0.25) is 19.2 Å². The molecule has 3 rings (SSSR count). The number of oxazole rings is 1. The maximum atomic E-state index is 12.1. The summed E-state index contributed by atoms with van der Waals surface area (Å²) in [6.07, 6.45) is 1.04. The number of nitrogens with zero attached hydrogens (tertiary/aromatic N) is 2. The molecule has 0 saturated carbocycles. The molecule has 0 fully saturated rings. The lowest BCUT2D eigenvalue weighted by atomic mass is 10.2. The van der Waals surface area contributed by atoms with Gasteiger partial charge in [-0.2, -0.15) is 0 Å². The van der Waals surface area contributed by atoms with Crippen LogP contribution in [0.25, 0.3) is 22.6 Å². The summed E-state index contributed by atoms with van der Waals surface area (Å²) >= 11 is 0. The number of carboxylic acids is 2. The highest BCUT2D eigenvalue weighted by molar-refractivity contribution is 5.91. The standard InChI is InChI=1S/C24H22N2O15/c1-12(27)36-10-38-22(33)9-35-17-3-14-4-18(23-25-6-19(41-23)24(34)39-11-37-13(2)28)40-16(14)5-15(17)26(7-20(29)30)8-21(31)32/h3-6H,7-11H2,1-2H3,(H,29,30)(H,31,32). The number of furan rings is 1. The summed E-state index contributed by atoms with van der Waals surface area (Å²) in [6, 6.07) is 4.04. The summed E-state index contributed by atoms with van der Waals surface area (Å²) < 4.78 is 35.0. The number of benzene rings is 1. The second kappa shape index (κ2) is 13.5. The molecule has 0 radical (unpaired) electrons. The molecule has 0 atom stereocenters. The average Bonchev–Trinajstić information content (AvgIpc) is 3.52. The van der Waals surface area contributed by atoms with Gasteiger partial charge >= 0.3 is 35.8 Å². The Bertz CT molecular complexity index is 1450. The van der Waals surface area contributed by atoms with Crippen LogP contribution >= 0.6 is 0 Å². The number of anilines is 1. The third-order valence-electron chi connectivity index (χ3n) is 4.79. The highest BCUT2D eigenvalue weighted by Gasteiger charge is 2.23. The van der Waals surface area contributed by atoms with Crippen LogP contribution < -0.4 is 9.64 Å². The average molecular weight is 578 g/mol. The van der Waals surface area contributed by atoms with E-state index in [9.17, 15) is 39.0 Å². The van der Waals surface area contributed by atoms with Crippen molar-refractivity contribution in [3.8, 4) is 17.4 Å². The molecule has 3 aromatic rings. The molecule has 17 nitrogen and oxygen atoms in total. The Morgan fingerprint density at radius 3 is 2.10 bits per heavy atom. The van der Waals surface area contributed by atoms with E-state index in [1.165, 1.54) is 18.2 Å². The molecule has 0 unspecified atom stereocenters. The summed E-state index contributed by atoms with van der Waals surface area (Å²) in [5.41, 5.74) is 0.0517. The van der Waals surface area contributed by atoms with Gasteiger partial charge in [-0.05, 0) is 12.1 Å². The maximum absolute atomic E-state index is 12.1. The molecule has 0 amide bonds. The van der Waals surface area contributed by atoms with Crippen LogP contribution in [0.4, 0.5) is 5.69 Å². The van der Waals surface area contributed by atoms with Gasteiger partial charge in [-0.25, -0.2) is 14.6 Å². The maximum Gasteiger partial charge on any atom is 0.378 e. The van der Waals surface area contributed by atoms with Crippen molar-refractivity contribution in [1.82, 2.24) is 4.98 Å². The van der Waals surface area contributed by atoms with Crippen LogP contribution in [0.2, 0.25) is 0 Å². The fraction of sp³-hybridized carbons (Fsp3) is 0.292. The van der Waals surface area contributed by atoms with Gasteiger partial charge in [0.2, 0.25) is 19.3 Å². The van der Waals surface area contributed by atoms with Gasteiger partial charge in [0.1, 0.15) is 24.4 Å². The number of fused-ring (bicyclic) bond motifs is 1. The molecule has 0 aliphatic carbocycles. The van der Waals surface area contributed by atoms with E-state index in [4.69, 9.17) is 23.0 Å². The van der Waals surface area contributed by atoms with Gasteiger partial charge in [0.05, 0.1) is 11.9 Å². The van der Waals surface area contributed by atoms with Gasteiger partial charge in [0, 0.05) is 25.3 Å². The SMILES string of the molecule is CC(=O)OCOC(=O)COc1cc2cc(-c3ncc(C(=O)OCOC(C)=O)o3)oc2cc1N(CC(=O)O)CC(=O)O. The monoisotopic (exact) mass is 578 g/mol. The van der Waals surface area contributed by atoms with E-state index in [1.807, 2.05) is 0 Å². The van der Waals surface area contributed by atoms with Gasteiger partial charge < -0.3 is 47.6 Å². The van der Waals surface area contributed by atoms with Gasteiger partial charge in [0.25, 0.3) is 5.89 Å². The number of carboxylic acid groups (broad SMARTS) is 2. The zero-order chi connectivity index (χ0) is 30.1. The van der Waals surface area contributed by atoms with Crippen molar-refractivity contribution in [3.05, 3.63) is 30.2 Å². The van der Waals surface area contributed by atoms with Gasteiger partial charge in [-0.15, -0.1) is 0 Å². The predicted octanol–water partition coefficient (Wildman–Crippen LogP) is 1.18. The molecule has 17 heteroatoms. The Morgan fingerprint density at radius 2 is 1.49 bits per heavy atom. The largest absolute Gasteiger partial charge is 0.480 e.